The summed E-state index contributed by atoms with van der Waals surface area (Å²) >= 11 is 5.98. The third kappa shape index (κ3) is 4.29. The SMILES string of the molecule is COc1ccc(Cl)cc1NC(=O)c1ccnc(Nc2ccc(F)cc2)c1. The third-order valence-electron chi connectivity index (χ3n) is 3.55. The first-order valence-corrected chi connectivity index (χ1v) is 8.06. The maximum atomic E-state index is 13.0. The number of nitrogens with zero attached hydrogens (tertiary/aromatic N) is 1. The van der Waals surface area contributed by atoms with E-state index in [9.17, 15) is 9.18 Å². The van der Waals surface area contributed by atoms with Crippen molar-refractivity contribution in [1.82, 2.24) is 4.98 Å². The van der Waals surface area contributed by atoms with Crippen molar-refractivity contribution in [3.8, 4) is 5.75 Å². The van der Waals surface area contributed by atoms with Gasteiger partial charge in [-0.25, -0.2) is 9.37 Å². The molecule has 1 aromatic heterocycles. The van der Waals surface area contributed by atoms with Crippen LogP contribution in [0.25, 0.3) is 0 Å². The van der Waals surface area contributed by atoms with Gasteiger partial charge < -0.3 is 15.4 Å². The minimum absolute atomic E-state index is 0.327. The number of carbonyl (C=O) groups is 1. The highest BCUT2D eigenvalue weighted by atomic mass is 35.5. The van der Waals surface area contributed by atoms with Crippen LogP contribution < -0.4 is 15.4 Å². The molecule has 5 nitrogen and oxygen atoms in total. The molecule has 0 saturated carbocycles. The van der Waals surface area contributed by atoms with Gasteiger partial charge in [0.05, 0.1) is 12.8 Å². The molecule has 2 N–H and O–H groups in total. The number of hydrogen-bond acceptors (Lipinski definition) is 4. The number of halogens is 2. The zero-order valence-electron chi connectivity index (χ0n) is 13.8. The van der Waals surface area contributed by atoms with Crippen molar-refractivity contribution in [2.75, 3.05) is 17.7 Å². The highest BCUT2D eigenvalue weighted by Gasteiger charge is 2.11. The van der Waals surface area contributed by atoms with Crippen LogP contribution >= 0.6 is 11.6 Å². The number of amides is 1. The molecule has 26 heavy (non-hydrogen) atoms. The van der Waals surface area contributed by atoms with Gasteiger partial charge in [-0.15, -0.1) is 0 Å². The Labute approximate surface area is 154 Å². The molecule has 132 valence electrons. The summed E-state index contributed by atoms with van der Waals surface area (Å²) in [7, 11) is 1.51. The number of rotatable bonds is 5. The van der Waals surface area contributed by atoms with Gasteiger partial charge in [-0.2, -0.15) is 0 Å². The van der Waals surface area contributed by atoms with E-state index in [2.05, 4.69) is 15.6 Å². The van der Waals surface area contributed by atoms with Crippen molar-refractivity contribution in [3.63, 3.8) is 0 Å². The van der Waals surface area contributed by atoms with Gasteiger partial charge in [0, 0.05) is 22.5 Å². The van der Waals surface area contributed by atoms with Gasteiger partial charge in [0.1, 0.15) is 17.4 Å². The van der Waals surface area contributed by atoms with Crippen LogP contribution in [0.2, 0.25) is 5.02 Å². The van der Waals surface area contributed by atoms with E-state index < -0.39 is 0 Å². The number of carbonyl (C=O) groups excluding carboxylic acids is 1. The molecule has 0 radical (unpaired) electrons. The second-order valence-electron chi connectivity index (χ2n) is 5.36. The van der Waals surface area contributed by atoms with E-state index >= 15 is 0 Å². The Bertz CT molecular complexity index is 932. The van der Waals surface area contributed by atoms with Gasteiger partial charge in [-0.3, -0.25) is 4.79 Å². The first kappa shape index (κ1) is 17.7. The van der Waals surface area contributed by atoms with E-state index in [0.29, 0.717) is 33.5 Å². The van der Waals surface area contributed by atoms with E-state index in [1.165, 1.54) is 25.4 Å². The van der Waals surface area contributed by atoms with Crippen LogP contribution in [0.4, 0.5) is 21.6 Å². The summed E-state index contributed by atoms with van der Waals surface area (Å²) in [6.07, 6.45) is 1.51. The monoisotopic (exact) mass is 371 g/mol. The highest BCUT2D eigenvalue weighted by molar-refractivity contribution is 6.31. The lowest BCUT2D eigenvalue weighted by Crippen LogP contribution is -2.13. The summed E-state index contributed by atoms with van der Waals surface area (Å²) in [5, 5.41) is 6.26. The average molecular weight is 372 g/mol. The number of anilines is 3. The molecule has 0 unspecified atom stereocenters. The number of pyridine rings is 1. The fourth-order valence-electron chi connectivity index (χ4n) is 2.29. The van der Waals surface area contributed by atoms with E-state index in [-0.39, 0.29) is 11.7 Å². The Morgan fingerprint density at radius 2 is 1.88 bits per heavy atom. The highest BCUT2D eigenvalue weighted by Crippen LogP contribution is 2.28. The number of benzene rings is 2. The molecule has 0 spiro atoms. The van der Waals surface area contributed by atoms with E-state index in [1.54, 1.807) is 42.5 Å². The lowest BCUT2D eigenvalue weighted by Gasteiger charge is -2.11. The first-order chi connectivity index (χ1) is 12.5. The third-order valence-corrected chi connectivity index (χ3v) is 3.78. The number of nitrogens with one attached hydrogen (secondary N) is 2. The largest absolute Gasteiger partial charge is 0.495 e. The minimum Gasteiger partial charge on any atom is -0.495 e. The molecule has 0 saturated heterocycles. The molecule has 0 fully saturated rings. The van der Waals surface area contributed by atoms with Gasteiger partial charge in [0.15, 0.2) is 0 Å². The molecule has 3 rings (SSSR count). The topological polar surface area (TPSA) is 63.2 Å². The standard InChI is InChI=1S/C19H15ClFN3O2/c1-26-17-7-2-13(20)11-16(17)24-19(25)12-8-9-22-18(10-12)23-15-5-3-14(21)4-6-15/h2-11H,1H3,(H,22,23)(H,24,25). The predicted octanol–water partition coefficient (Wildman–Crippen LogP) is 4.88. The van der Waals surface area contributed by atoms with Crippen molar-refractivity contribution in [3.05, 3.63) is 77.2 Å². The quantitative estimate of drug-likeness (QED) is 0.671. The van der Waals surface area contributed by atoms with Crippen LogP contribution in [-0.2, 0) is 0 Å². The zero-order chi connectivity index (χ0) is 18.5. The molecule has 0 aliphatic heterocycles. The van der Waals surface area contributed by atoms with Crippen molar-refractivity contribution >= 4 is 34.7 Å². The van der Waals surface area contributed by atoms with Gasteiger partial charge in [-0.1, -0.05) is 11.6 Å². The fourth-order valence-corrected chi connectivity index (χ4v) is 2.47. The maximum absolute atomic E-state index is 13.0. The van der Waals surface area contributed by atoms with Crippen molar-refractivity contribution in [1.29, 1.82) is 0 Å². The Hall–Kier alpha value is -3.12. The zero-order valence-corrected chi connectivity index (χ0v) is 14.5. The van der Waals surface area contributed by atoms with Gasteiger partial charge in [0.25, 0.3) is 5.91 Å². The number of ether oxygens (including phenoxy) is 1. The molecule has 2 aromatic carbocycles. The number of hydrogen-bond donors (Lipinski definition) is 2. The molecule has 0 aliphatic carbocycles. The van der Waals surface area contributed by atoms with E-state index in [0.717, 1.165) is 0 Å². The molecule has 0 aliphatic rings. The average Bonchev–Trinajstić information content (AvgIpc) is 2.64. The van der Waals surface area contributed by atoms with Crippen molar-refractivity contribution in [2.24, 2.45) is 0 Å². The predicted molar refractivity (Wildman–Crippen MR) is 99.9 cm³/mol. The molecule has 7 heteroatoms. The van der Waals surface area contributed by atoms with Crippen LogP contribution in [0, 0.1) is 5.82 Å². The van der Waals surface area contributed by atoms with Gasteiger partial charge in [-0.05, 0) is 54.6 Å². The summed E-state index contributed by atoms with van der Waals surface area (Å²) in [6, 6.07) is 14.0. The molecule has 0 atom stereocenters. The minimum atomic E-state index is -0.338. The Kier molecular flexibility index (Phi) is 5.34. The van der Waals surface area contributed by atoms with Crippen LogP contribution in [0.3, 0.4) is 0 Å². The summed E-state index contributed by atoms with van der Waals surface area (Å²) in [5.74, 6) is 0.297. The lowest BCUT2D eigenvalue weighted by molar-refractivity contribution is 0.102. The second-order valence-corrected chi connectivity index (χ2v) is 5.80. The Morgan fingerprint density at radius 3 is 2.62 bits per heavy atom. The lowest BCUT2D eigenvalue weighted by atomic mass is 10.2. The Morgan fingerprint density at radius 1 is 1.12 bits per heavy atom. The molecular weight excluding hydrogens is 357 g/mol. The molecule has 3 aromatic rings. The van der Waals surface area contributed by atoms with E-state index in [1.807, 2.05) is 0 Å². The molecular formula is C19H15ClFN3O2. The van der Waals surface area contributed by atoms with Crippen molar-refractivity contribution in [2.45, 2.75) is 0 Å². The van der Waals surface area contributed by atoms with Crippen LogP contribution in [-0.4, -0.2) is 18.0 Å². The van der Waals surface area contributed by atoms with Crippen LogP contribution in [0.15, 0.2) is 60.8 Å². The van der Waals surface area contributed by atoms with E-state index in [4.69, 9.17) is 16.3 Å². The fraction of sp³-hybridized carbons (Fsp3) is 0.0526. The Balaban J connectivity index is 1.78. The second kappa shape index (κ2) is 7.84. The van der Waals surface area contributed by atoms with Gasteiger partial charge >= 0.3 is 0 Å². The molecule has 0 bridgehead atoms. The maximum Gasteiger partial charge on any atom is 0.255 e. The van der Waals surface area contributed by atoms with Crippen molar-refractivity contribution < 1.29 is 13.9 Å². The number of aromatic nitrogens is 1. The normalized spacial score (nSPS) is 10.3. The summed E-state index contributed by atoms with van der Waals surface area (Å²) < 4.78 is 18.2. The van der Waals surface area contributed by atoms with Crippen LogP contribution in [0.5, 0.6) is 5.75 Å². The first-order valence-electron chi connectivity index (χ1n) is 7.69. The smallest absolute Gasteiger partial charge is 0.255 e. The molecule has 1 amide bonds. The summed E-state index contributed by atoms with van der Waals surface area (Å²) in [5.41, 5.74) is 1.52. The number of methoxy groups -OCH3 is 1. The van der Waals surface area contributed by atoms with Gasteiger partial charge in [0.2, 0.25) is 0 Å². The summed E-state index contributed by atoms with van der Waals surface area (Å²) in [4.78, 5) is 16.7. The molecule has 1 heterocycles. The van der Waals surface area contributed by atoms with Crippen LogP contribution in [0.1, 0.15) is 10.4 Å². The summed E-state index contributed by atoms with van der Waals surface area (Å²) in [6.45, 7) is 0.